The summed E-state index contributed by atoms with van der Waals surface area (Å²) in [7, 11) is 3.45. The Kier molecular flexibility index (Phi) is 12.3. The molecule has 1 saturated heterocycles. The minimum absolute atomic E-state index is 0.0132. The van der Waals surface area contributed by atoms with Gasteiger partial charge in [0.25, 0.3) is 0 Å². The van der Waals surface area contributed by atoms with Gasteiger partial charge in [0.15, 0.2) is 29.3 Å². The van der Waals surface area contributed by atoms with Crippen LogP contribution in [0.4, 0.5) is 9.59 Å². The highest BCUT2D eigenvalue weighted by Crippen LogP contribution is 2.61. The Morgan fingerprint density at radius 3 is 2.56 bits per heavy atom. The second-order valence-corrected chi connectivity index (χ2v) is 14.9. The van der Waals surface area contributed by atoms with E-state index in [0.717, 1.165) is 5.56 Å². The second kappa shape index (κ2) is 15.9. The molecule has 2 heterocycles. The van der Waals surface area contributed by atoms with Crippen LogP contribution >= 0.6 is 0 Å². The van der Waals surface area contributed by atoms with Gasteiger partial charge < -0.3 is 56.1 Å². The van der Waals surface area contributed by atoms with Crippen LogP contribution in [0, 0.1) is 12.3 Å². The van der Waals surface area contributed by atoms with Gasteiger partial charge in [-0.1, -0.05) is 6.07 Å². The predicted molar refractivity (Wildman–Crippen MR) is 190 cm³/mol. The number of nitrogens with zero attached hydrogens (tertiary/aromatic N) is 2. The van der Waals surface area contributed by atoms with Crippen molar-refractivity contribution in [2.45, 2.75) is 102 Å². The number of rotatable bonds is 12. The van der Waals surface area contributed by atoms with Crippen LogP contribution in [0.3, 0.4) is 0 Å². The van der Waals surface area contributed by atoms with E-state index in [2.05, 4.69) is 26.2 Å². The van der Waals surface area contributed by atoms with Gasteiger partial charge in [-0.15, -0.1) is 0 Å². The van der Waals surface area contributed by atoms with Crippen LogP contribution in [-0.2, 0) is 24.5 Å². The molecule has 2 aliphatic heterocycles. The van der Waals surface area contributed by atoms with Gasteiger partial charge in [-0.25, -0.2) is 9.59 Å². The molecule has 0 unspecified atom stereocenters. The molecule has 1 spiro atoms. The van der Waals surface area contributed by atoms with Crippen LogP contribution in [0.15, 0.2) is 12.1 Å². The van der Waals surface area contributed by atoms with E-state index in [0.29, 0.717) is 31.4 Å². The summed E-state index contributed by atoms with van der Waals surface area (Å²) in [4.78, 5) is 67.6. The number of likely N-dealkylation sites (N-methyl/N-ethyl adjacent to an activating group) is 2. The molecule has 5 atom stereocenters. The van der Waals surface area contributed by atoms with Crippen molar-refractivity contribution in [2.24, 2.45) is 5.73 Å². The molecule has 17 heteroatoms. The summed E-state index contributed by atoms with van der Waals surface area (Å²) in [5.41, 5.74) is 3.89. The number of aryl methyl sites for hydroxylation is 1. The fourth-order valence-corrected chi connectivity index (χ4v) is 7.42. The van der Waals surface area contributed by atoms with Crippen LogP contribution in [0.2, 0.25) is 0 Å². The van der Waals surface area contributed by atoms with Gasteiger partial charge in [0.1, 0.15) is 18.2 Å². The van der Waals surface area contributed by atoms with E-state index in [4.69, 9.17) is 25.4 Å². The topological polar surface area (TPSA) is 238 Å². The molecule has 4 amide bonds. The fraction of sp³-hybridized carbons (Fsp3) is 0.657. The molecular formula is C35H54N8O9. The molecule has 1 aromatic carbocycles. The SMILES string of the molecule is Cc1ccc(OC(=O)N(C)CCNC(=O)[C@H](CCCNC(=N)N)NC(=O)CNC(=O)OC(C)(C)C)c2c1[C@]13CCN(C)[C@H](C)[C@]1(O)CCC(=O)[C@@H]3O2. The second-order valence-electron chi connectivity index (χ2n) is 14.9. The summed E-state index contributed by atoms with van der Waals surface area (Å²) in [5, 5.41) is 29.9. The predicted octanol–water partition coefficient (Wildman–Crippen LogP) is 0.631. The van der Waals surface area contributed by atoms with Crippen molar-refractivity contribution in [3.05, 3.63) is 23.3 Å². The van der Waals surface area contributed by atoms with Gasteiger partial charge in [-0.05, 0) is 85.5 Å². The van der Waals surface area contributed by atoms with Crippen molar-refractivity contribution in [3.63, 3.8) is 0 Å². The lowest BCUT2D eigenvalue weighted by atomic mass is 9.52. The maximum atomic E-state index is 13.3. The fourth-order valence-electron chi connectivity index (χ4n) is 7.42. The first-order valence-corrected chi connectivity index (χ1v) is 17.6. The van der Waals surface area contributed by atoms with E-state index in [9.17, 15) is 29.1 Å². The molecule has 17 nitrogen and oxygen atoms in total. The van der Waals surface area contributed by atoms with Gasteiger partial charge >= 0.3 is 12.2 Å². The number of benzene rings is 1. The molecule has 2 fully saturated rings. The highest BCUT2D eigenvalue weighted by molar-refractivity contribution is 5.90. The average molecular weight is 731 g/mol. The van der Waals surface area contributed by atoms with E-state index in [1.54, 1.807) is 32.9 Å². The summed E-state index contributed by atoms with van der Waals surface area (Å²) in [5.74, 6) is -1.04. The van der Waals surface area contributed by atoms with Crippen LogP contribution in [0.5, 0.6) is 11.5 Å². The Hall–Kier alpha value is -4.64. The Bertz CT molecular complexity index is 1560. The molecule has 52 heavy (non-hydrogen) atoms. The molecule has 1 aliphatic carbocycles. The highest BCUT2D eigenvalue weighted by atomic mass is 16.6. The summed E-state index contributed by atoms with van der Waals surface area (Å²) >= 11 is 0. The van der Waals surface area contributed by atoms with Crippen LogP contribution < -0.4 is 36.5 Å². The van der Waals surface area contributed by atoms with Crippen molar-refractivity contribution < 1.29 is 43.3 Å². The summed E-state index contributed by atoms with van der Waals surface area (Å²) in [6.07, 6.45) is -0.857. The maximum absolute atomic E-state index is 13.3. The van der Waals surface area contributed by atoms with Crippen LogP contribution in [0.1, 0.15) is 70.9 Å². The van der Waals surface area contributed by atoms with E-state index >= 15 is 0 Å². The largest absolute Gasteiger partial charge is 0.477 e. The number of likely N-dealkylation sites (tertiary alicyclic amines) is 1. The van der Waals surface area contributed by atoms with Crippen molar-refractivity contribution in [1.82, 2.24) is 31.1 Å². The summed E-state index contributed by atoms with van der Waals surface area (Å²) in [6, 6.07) is 2.19. The Balaban J connectivity index is 1.38. The zero-order chi connectivity index (χ0) is 38.6. The molecule has 8 N–H and O–H groups in total. The van der Waals surface area contributed by atoms with Gasteiger partial charge in [-0.2, -0.15) is 0 Å². The van der Waals surface area contributed by atoms with E-state index in [1.807, 2.05) is 20.9 Å². The molecule has 4 rings (SSSR count). The number of ether oxygens (including phenoxy) is 3. The Morgan fingerprint density at radius 1 is 1.17 bits per heavy atom. The first-order valence-electron chi connectivity index (χ1n) is 17.6. The molecule has 0 bridgehead atoms. The molecular weight excluding hydrogens is 676 g/mol. The number of nitrogens with two attached hydrogens (primary N) is 1. The monoisotopic (exact) mass is 730 g/mol. The van der Waals surface area contributed by atoms with Gasteiger partial charge in [0, 0.05) is 44.7 Å². The number of nitrogens with one attached hydrogen (secondary N) is 5. The number of hydrogen-bond donors (Lipinski definition) is 7. The normalized spacial score (nSPS) is 24.2. The number of guanidine groups is 1. The lowest BCUT2D eigenvalue weighted by molar-refractivity contribution is -0.178. The number of ketones is 1. The lowest BCUT2D eigenvalue weighted by Gasteiger charge is -2.58. The Morgan fingerprint density at radius 2 is 1.88 bits per heavy atom. The van der Waals surface area contributed by atoms with Crippen LogP contribution in [0.25, 0.3) is 0 Å². The van der Waals surface area contributed by atoms with E-state index in [-0.39, 0.29) is 61.8 Å². The average Bonchev–Trinajstić information content (AvgIpc) is 3.43. The number of aliphatic hydroxyl groups is 1. The summed E-state index contributed by atoms with van der Waals surface area (Å²) < 4.78 is 17.3. The van der Waals surface area contributed by atoms with Gasteiger partial charge in [0.2, 0.25) is 11.8 Å². The number of amides is 4. The van der Waals surface area contributed by atoms with Gasteiger partial charge in [0.05, 0.1) is 11.0 Å². The number of Topliss-reactive ketones (excluding diaryl/α,β-unsaturated/α-hetero) is 1. The molecule has 3 aliphatic rings. The maximum Gasteiger partial charge on any atom is 0.415 e. The lowest BCUT2D eigenvalue weighted by Crippen LogP contribution is -2.73. The zero-order valence-electron chi connectivity index (χ0n) is 31.1. The van der Waals surface area contributed by atoms with E-state index < -0.39 is 59.3 Å². The minimum Gasteiger partial charge on any atom is -0.477 e. The zero-order valence-corrected chi connectivity index (χ0v) is 31.1. The first kappa shape index (κ1) is 40.1. The third-order valence-corrected chi connectivity index (χ3v) is 10.2. The molecule has 288 valence electrons. The first-order chi connectivity index (χ1) is 24.3. The van der Waals surface area contributed by atoms with Crippen LogP contribution in [-0.4, -0.2) is 127 Å². The number of piperidine rings is 1. The molecule has 1 saturated carbocycles. The third-order valence-electron chi connectivity index (χ3n) is 10.2. The van der Waals surface area contributed by atoms with E-state index in [1.165, 1.54) is 11.9 Å². The van der Waals surface area contributed by atoms with Crippen molar-refractivity contribution >= 4 is 35.7 Å². The summed E-state index contributed by atoms with van der Waals surface area (Å²) in [6.45, 7) is 9.50. The molecule has 1 aromatic rings. The quantitative estimate of drug-likeness (QED) is 0.0891. The number of carbonyl (C=O) groups excluding carboxylic acids is 5. The standard InChI is InChI=1S/C35H54N8O9/c1-20-10-11-24(27-26(20)34-14-17-42(6)21(2)35(34,49)13-12-23(44)28(34)51-27)50-32(48)43(7)18-16-38-29(46)22(9-8-15-39-30(36)37)41-25(45)19-40-31(47)52-33(3,4)5/h10-11,21-22,28,49H,8-9,12-19H2,1-7H3,(H,38,46)(H,40,47)(H,41,45)(H4,36,37,39)/t21-,22+,28+,34+,35-/m1/s1. The third kappa shape index (κ3) is 8.52. The van der Waals surface area contributed by atoms with Crippen molar-refractivity contribution in [1.29, 1.82) is 5.41 Å². The molecule has 0 radical (unpaired) electrons. The minimum atomic E-state index is -1.23. The smallest absolute Gasteiger partial charge is 0.415 e. The van der Waals surface area contributed by atoms with Gasteiger partial charge in [-0.3, -0.25) is 19.8 Å². The number of fused-ring (bicyclic) bond motifs is 1. The number of carbonyl (C=O) groups is 5. The Labute approximate surface area is 304 Å². The highest BCUT2D eigenvalue weighted by Gasteiger charge is 2.70. The number of alkyl carbamates (subject to hydrolysis) is 1. The van der Waals surface area contributed by atoms with Crippen molar-refractivity contribution in [2.75, 3.05) is 46.8 Å². The number of hydrogen-bond acceptors (Lipinski definition) is 11. The van der Waals surface area contributed by atoms with Crippen molar-refractivity contribution in [3.8, 4) is 11.5 Å². The molecule has 0 aromatic heterocycles.